The summed E-state index contributed by atoms with van der Waals surface area (Å²) in [5.74, 6) is -0.169. The molecule has 0 aliphatic rings. The number of nitrogens with one attached hydrogen (secondary N) is 1. The maximum absolute atomic E-state index is 12.8. The second-order valence-corrected chi connectivity index (χ2v) is 11.3. The van der Waals surface area contributed by atoms with Crippen molar-refractivity contribution in [1.29, 1.82) is 0 Å². The van der Waals surface area contributed by atoms with E-state index < -0.39 is 29.8 Å². The quantitative estimate of drug-likeness (QED) is 0.139. The molecular formula is C36H37NO8. The predicted molar refractivity (Wildman–Crippen MR) is 169 cm³/mol. The molecule has 2 atom stereocenters. The van der Waals surface area contributed by atoms with E-state index in [0.717, 1.165) is 24.5 Å². The molecule has 0 heterocycles. The molecule has 0 bridgehead atoms. The number of esters is 1. The van der Waals surface area contributed by atoms with E-state index >= 15 is 0 Å². The standard InChI is InChI=1S/C36H37NO8/c1-36(2,3)45-35(41)37-32(34(40)42-4)33(39)29-20-27(16-18-31(29)44-23-25-13-9-6-10-14-25)26-15-17-30(28(19-26)21-38)43-22-24-11-7-5-8-12-24/h5-21,32-33,39H,22-23H2,1-4H3,(H,37,41)/t32-,33+/m0/s1. The first-order valence-electron chi connectivity index (χ1n) is 14.4. The molecule has 0 aliphatic heterocycles. The highest BCUT2D eigenvalue weighted by Gasteiger charge is 2.34. The van der Waals surface area contributed by atoms with Crippen molar-refractivity contribution in [3.05, 3.63) is 119 Å². The van der Waals surface area contributed by atoms with E-state index in [1.54, 1.807) is 57.2 Å². The Balaban J connectivity index is 1.68. The van der Waals surface area contributed by atoms with E-state index in [9.17, 15) is 19.5 Å². The van der Waals surface area contributed by atoms with Crippen LogP contribution in [0.1, 0.15) is 53.9 Å². The van der Waals surface area contributed by atoms with Gasteiger partial charge >= 0.3 is 12.1 Å². The molecule has 0 spiro atoms. The number of hydrogen-bond acceptors (Lipinski definition) is 8. The summed E-state index contributed by atoms with van der Waals surface area (Å²) in [6.45, 7) is 5.53. The molecule has 0 radical (unpaired) electrons. The van der Waals surface area contributed by atoms with Crippen molar-refractivity contribution in [3.8, 4) is 22.6 Å². The Morgan fingerprint density at radius 2 is 1.33 bits per heavy atom. The minimum Gasteiger partial charge on any atom is -0.489 e. The van der Waals surface area contributed by atoms with E-state index in [-0.39, 0.29) is 17.9 Å². The first-order chi connectivity index (χ1) is 21.6. The highest BCUT2D eigenvalue weighted by atomic mass is 16.6. The Morgan fingerprint density at radius 3 is 1.87 bits per heavy atom. The number of carbonyl (C=O) groups is 3. The Morgan fingerprint density at radius 1 is 0.800 bits per heavy atom. The van der Waals surface area contributed by atoms with E-state index in [4.69, 9.17) is 18.9 Å². The van der Waals surface area contributed by atoms with Gasteiger partial charge < -0.3 is 29.4 Å². The number of ether oxygens (including phenoxy) is 4. The van der Waals surface area contributed by atoms with Crippen LogP contribution in [0.25, 0.3) is 11.1 Å². The zero-order valence-electron chi connectivity index (χ0n) is 25.7. The second-order valence-electron chi connectivity index (χ2n) is 11.3. The van der Waals surface area contributed by atoms with Crippen LogP contribution < -0.4 is 14.8 Å². The van der Waals surface area contributed by atoms with Crippen molar-refractivity contribution in [2.75, 3.05) is 7.11 Å². The number of hydrogen-bond donors (Lipinski definition) is 2. The third kappa shape index (κ3) is 9.17. The van der Waals surface area contributed by atoms with Gasteiger partial charge in [-0.3, -0.25) is 4.79 Å². The third-order valence-electron chi connectivity index (χ3n) is 6.72. The number of aliphatic hydroxyl groups excluding tert-OH is 1. The van der Waals surface area contributed by atoms with Crippen molar-refractivity contribution in [3.63, 3.8) is 0 Å². The molecule has 0 saturated carbocycles. The number of amides is 1. The fraction of sp³-hybridized carbons (Fsp3) is 0.250. The molecule has 9 heteroatoms. The first kappa shape index (κ1) is 32.8. The van der Waals surface area contributed by atoms with E-state index in [0.29, 0.717) is 29.0 Å². The number of carbonyl (C=O) groups excluding carboxylic acids is 3. The Labute approximate surface area is 262 Å². The first-order valence-corrected chi connectivity index (χ1v) is 14.4. The van der Waals surface area contributed by atoms with Crippen LogP contribution in [0.3, 0.4) is 0 Å². The molecule has 0 unspecified atom stereocenters. The smallest absolute Gasteiger partial charge is 0.408 e. The van der Waals surface area contributed by atoms with Crippen molar-refractivity contribution < 1.29 is 38.4 Å². The summed E-state index contributed by atoms with van der Waals surface area (Å²) in [4.78, 5) is 37.5. The van der Waals surface area contributed by atoms with Crippen LogP contribution in [0.5, 0.6) is 11.5 Å². The van der Waals surface area contributed by atoms with Gasteiger partial charge in [0, 0.05) is 5.56 Å². The molecule has 1 amide bonds. The van der Waals surface area contributed by atoms with Crippen molar-refractivity contribution in [2.45, 2.75) is 51.7 Å². The summed E-state index contributed by atoms with van der Waals surface area (Å²) >= 11 is 0. The number of benzene rings is 4. The van der Waals surface area contributed by atoms with Gasteiger partial charge in [-0.25, -0.2) is 9.59 Å². The molecule has 0 fully saturated rings. The molecule has 9 nitrogen and oxygen atoms in total. The van der Waals surface area contributed by atoms with Crippen LogP contribution in [-0.2, 0) is 27.5 Å². The van der Waals surface area contributed by atoms with Crippen LogP contribution in [-0.4, -0.2) is 42.2 Å². The fourth-order valence-corrected chi connectivity index (χ4v) is 4.52. The number of aliphatic hydroxyl groups is 1. The van der Waals surface area contributed by atoms with Gasteiger partial charge in [0.05, 0.1) is 12.7 Å². The van der Waals surface area contributed by atoms with Crippen LogP contribution in [0.2, 0.25) is 0 Å². The summed E-state index contributed by atoms with van der Waals surface area (Å²) in [5.41, 5.74) is 2.84. The largest absolute Gasteiger partial charge is 0.489 e. The van der Waals surface area contributed by atoms with Gasteiger partial charge in [-0.2, -0.15) is 0 Å². The molecule has 234 valence electrons. The maximum atomic E-state index is 12.8. The zero-order valence-corrected chi connectivity index (χ0v) is 25.7. The minimum atomic E-state index is -1.59. The van der Waals surface area contributed by atoms with E-state index in [1.165, 1.54) is 0 Å². The van der Waals surface area contributed by atoms with Crippen LogP contribution >= 0.6 is 0 Å². The minimum absolute atomic E-state index is 0.186. The molecular weight excluding hydrogens is 574 g/mol. The second kappa shape index (κ2) is 15.0. The van der Waals surface area contributed by atoms with Gasteiger partial charge in [-0.1, -0.05) is 72.8 Å². The number of aldehydes is 1. The van der Waals surface area contributed by atoms with Gasteiger partial charge in [-0.15, -0.1) is 0 Å². The van der Waals surface area contributed by atoms with E-state index in [1.807, 2.05) is 60.7 Å². The van der Waals surface area contributed by atoms with Gasteiger partial charge in [0.15, 0.2) is 12.3 Å². The monoisotopic (exact) mass is 611 g/mol. The lowest BCUT2D eigenvalue weighted by Gasteiger charge is -2.26. The van der Waals surface area contributed by atoms with Gasteiger partial charge in [0.2, 0.25) is 0 Å². The Bertz CT molecular complexity index is 1600. The number of rotatable bonds is 12. The summed E-state index contributed by atoms with van der Waals surface area (Å²) in [7, 11) is 1.16. The highest BCUT2D eigenvalue weighted by Crippen LogP contribution is 2.35. The van der Waals surface area contributed by atoms with Crippen LogP contribution in [0, 0.1) is 0 Å². The van der Waals surface area contributed by atoms with Crippen molar-refractivity contribution >= 4 is 18.3 Å². The Hall–Kier alpha value is -5.15. The topological polar surface area (TPSA) is 120 Å². The predicted octanol–water partition coefficient (Wildman–Crippen LogP) is 6.42. The number of methoxy groups -OCH3 is 1. The average Bonchev–Trinajstić information content (AvgIpc) is 3.04. The van der Waals surface area contributed by atoms with Crippen LogP contribution in [0.15, 0.2) is 97.1 Å². The molecule has 2 N–H and O–H groups in total. The van der Waals surface area contributed by atoms with Gasteiger partial charge in [0.1, 0.15) is 36.4 Å². The van der Waals surface area contributed by atoms with E-state index in [2.05, 4.69) is 5.32 Å². The van der Waals surface area contributed by atoms with Crippen LogP contribution in [0.4, 0.5) is 4.79 Å². The maximum Gasteiger partial charge on any atom is 0.408 e. The summed E-state index contributed by atoms with van der Waals surface area (Å²) in [6.07, 6.45) is -1.77. The van der Waals surface area contributed by atoms with Crippen molar-refractivity contribution in [1.82, 2.24) is 5.32 Å². The molecule has 0 aliphatic carbocycles. The summed E-state index contributed by atoms with van der Waals surface area (Å²) in [6, 6.07) is 27.8. The Kier molecular flexibility index (Phi) is 10.9. The van der Waals surface area contributed by atoms with Gasteiger partial charge in [0.25, 0.3) is 0 Å². The SMILES string of the molecule is COC(=O)[C@@H](NC(=O)OC(C)(C)C)[C@H](O)c1cc(-c2ccc(OCc3ccccc3)c(C=O)c2)ccc1OCc1ccccc1. The highest BCUT2D eigenvalue weighted by molar-refractivity contribution is 5.84. The number of alkyl carbamates (subject to hydrolysis) is 1. The molecule has 4 aromatic carbocycles. The third-order valence-corrected chi connectivity index (χ3v) is 6.72. The molecule has 0 aromatic heterocycles. The fourth-order valence-electron chi connectivity index (χ4n) is 4.52. The lowest BCUT2D eigenvalue weighted by atomic mass is 9.95. The normalized spacial score (nSPS) is 12.4. The lowest BCUT2D eigenvalue weighted by Crippen LogP contribution is -2.47. The summed E-state index contributed by atoms with van der Waals surface area (Å²) < 4.78 is 22.2. The molecule has 4 rings (SSSR count). The lowest BCUT2D eigenvalue weighted by molar-refractivity contribution is -0.146. The van der Waals surface area contributed by atoms with Gasteiger partial charge in [-0.05, 0) is 67.3 Å². The molecule has 4 aromatic rings. The summed E-state index contributed by atoms with van der Waals surface area (Å²) in [5, 5.41) is 14.0. The average molecular weight is 612 g/mol. The van der Waals surface area contributed by atoms with Crippen molar-refractivity contribution in [2.24, 2.45) is 0 Å². The molecule has 45 heavy (non-hydrogen) atoms. The molecule has 0 saturated heterocycles. The zero-order chi connectivity index (χ0) is 32.4.